The van der Waals surface area contributed by atoms with Crippen LogP contribution in [0.5, 0.6) is 0 Å². The lowest BCUT2D eigenvalue weighted by molar-refractivity contribution is 0.174. The third-order valence-corrected chi connectivity index (χ3v) is 5.22. The molecule has 0 N–H and O–H groups in total. The molecule has 0 aliphatic carbocycles. The Balaban J connectivity index is 1.36. The van der Waals surface area contributed by atoms with E-state index in [0.717, 1.165) is 60.2 Å². The van der Waals surface area contributed by atoms with Crippen LogP contribution in [0.4, 0.5) is 0 Å². The Labute approximate surface area is 158 Å². The van der Waals surface area contributed by atoms with E-state index < -0.39 is 0 Å². The average Bonchev–Trinajstić information content (AvgIpc) is 3.03. The van der Waals surface area contributed by atoms with E-state index in [1.54, 1.807) is 18.7 Å². The number of likely N-dealkylation sites (tertiary alicyclic amines) is 1. The van der Waals surface area contributed by atoms with Crippen LogP contribution < -0.4 is 0 Å². The van der Waals surface area contributed by atoms with E-state index in [4.69, 9.17) is 4.52 Å². The topological polar surface area (TPSA) is 80.8 Å². The molecule has 0 unspecified atom stereocenters. The first-order chi connectivity index (χ1) is 13.2. The van der Waals surface area contributed by atoms with Crippen LogP contribution in [-0.4, -0.2) is 43.1 Å². The van der Waals surface area contributed by atoms with Crippen LogP contribution in [0.25, 0.3) is 11.3 Å². The van der Waals surface area contributed by atoms with Crippen molar-refractivity contribution in [3.63, 3.8) is 0 Å². The Morgan fingerprint density at radius 2 is 1.93 bits per heavy atom. The van der Waals surface area contributed by atoms with Gasteiger partial charge in [0.1, 0.15) is 12.1 Å². The Hall–Kier alpha value is -2.67. The van der Waals surface area contributed by atoms with Crippen molar-refractivity contribution >= 4 is 0 Å². The Morgan fingerprint density at radius 1 is 1.07 bits per heavy atom. The first-order valence-corrected chi connectivity index (χ1v) is 9.40. The maximum Gasteiger partial charge on any atom is 0.143 e. The summed E-state index contributed by atoms with van der Waals surface area (Å²) in [5, 5.41) is 4.03. The summed E-state index contributed by atoms with van der Waals surface area (Å²) in [6.07, 6.45) is 10.3. The molecule has 7 heteroatoms. The minimum atomic E-state index is 0.649. The van der Waals surface area contributed by atoms with Gasteiger partial charge in [0.2, 0.25) is 0 Å². The summed E-state index contributed by atoms with van der Waals surface area (Å²) < 4.78 is 5.27. The first kappa shape index (κ1) is 17.7. The number of piperidine rings is 1. The van der Waals surface area contributed by atoms with Crippen LogP contribution in [0.3, 0.4) is 0 Å². The molecule has 27 heavy (non-hydrogen) atoms. The van der Waals surface area contributed by atoms with Gasteiger partial charge in [-0.3, -0.25) is 14.9 Å². The van der Waals surface area contributed by atoms with Gasteiger partial charge < -0.3 is 4.52 Å². The largest absolute Gasteiger partial charge is 0.361 e. The molecule has 1 fully saturated rings. The highest BCUT2D eigenvalue weighted by Crippen LogP contribution is 2.27. The molecule has 140 valence electrons. The van der Waals surface area contributed by atoms with Gasteiger partial charge in [-0.15, -0.1) is 0 Å². The van der Waals surface area contributed by atoms with E-state index in [1.807, 2.05) is 20.0 Å². The highest BCUT2D eigenvalue weighted by molar-refractivity contribution is 5.63. The number of hydrogen-bond acceptors (Lipinski definition) is 7. The normalized spacial score (nSPS) is 15.9. The Kier molecular flexibility index (Phi) is 5.20. The minimum Gasteiger partial charge on any atom is -0.361 e. The van der Waals surface area contributed by atoms with E-state index in [-0.39, 0.29) is 0 Å². The molecular weight excluding hydrogens is 340 g/mol. The molecule has 0 aromatic carbocycles. The summed E-state index contributed by atoms with van der Waals surface area (Å²) in [6.45, 7) is 6.92. The zero-order chi connectivity index (χ0) is 18.6. The lowest BCUT2D eigenvalue weighted by Crippen LogP contribution is -2.34. The second-order valence-electron chi connectivity index (χ2n) is 7.21. The second-order valence-corrected chi connectivity index (χ2v) is 7.21. The van der Waals surface area contributed by atoms with Gasteiger partial charge in [0.05, 0.1) is 22.6 Å². The summed E-state index contributed by atoms with van der Waals surface area (Å²) in [4.78, 5) is 19.9. The molecular formula is C20H24N6O. The summed E-state index contributed by atoms with van der Waals surface area (Å²) >= 11 is 0. The fraction of sp³-hybridized carbons (Fsp3) is 0.450. The van der Waals surface area contributed by atoms with Crippen molar-refractivity contribution in [2.75, 3.05) is 13.1 Å². The van der Waals surface area contributed by atoms with Crippen molar-refractivity contribution in [1.82, 2.24) is 30.0 Å². The van der Waals surface area contributed by atoms with E-state index in [2.05, 4.69) is 36.1 Å². The second kappa shape index (κ2) is 7.92. The highest BCUT2D eigenvalue weighted by atomic mass is 16.5. The van der Waals surface area contributed by atoms with Gasteiger partial charge in [-0.2, -0.15) is 0 Å². The lowest BCUT2D eigenvalue weighted by atomic mass is 9.91. The van der Waals surface area contributed by atoms with Crippen molar-refractivity contribution in [2.45, 2.75) is 39.7 Å². The Bertz CT molecular complexity index is 867. The van der Waals surface area contributed by atoms with Crippen LogP contribution in [0, 0.1) is 19.8 Å². The summed E-state index contributed by atoms with van der Waals surface area (Å²) in [6, 6.07) is 2.08. The minimum absolute atomic E-state index is 0.649. The smallest absolute Gasteiger partial charge is 0.143 e. The van der Waals surface area contributed by atoms with Crippen molar-refractivity contribution < 1.29 is 4.52 Å². The SMILES string of the molecule is Cc1noc(C)c1-c1cc(CC2CCN(Cc3cnccn3)CC2)ncn1. The zero-order valence-electron chi connectivity index (χ0n) is 15.8. The zero-order valence-corrected chi connectivity index (χ0v) is 15.8. The van der Waals surface area contributed by atoms with Gasteiger partial charge in [0.15, 0.2) is 0 Å². The number of aryl methyl sites for hydroxylation is 2. The summed E-state index contributed by atoms with van der Waals surface area (Å²) in [5.41, 5.74) is 4.88. The molecule has 0 spiro atoms. The maximum absolute atomic E-state index is 5.27. The molecule has 0 saturated carbocycles. The molecule has 0 atom stereocenters. The van der Waals surface area contributed by atoms with E-state index in [0.29, 0.717) is 5.92 Å². The predicted molar refractivity (Wildman–Crippen MR) is 101 cm³/mol. The van der Waals surface area contributed by atoms with Crippen molar-refractivity contribution in [2.24, 2.45) is 5.92 Å². The van der Waals surface area contributed by atoms with Crippen molar-refractivity contribution in [1.29, 1.82) is 0 Å². The summed E-state index contributed by atoms with van der Waals surface area (Å²) in [7, 11) is 0. The van der Waals surface area contributed by atoms with Crippen LogP contribution >= 0.6 is 0 Å². The van der Waals surface area contributed by atoms with Gasteiger partial charge >= 0.3 is 0 Å². The van der Waals surface area contributed by atoms with Gasteiger partial charge in [-0.25, -0.2) is 9.97 Å². The van der Waals surface area contributed by atoms with E-state index in [9.17, 15) is 0 Å². The number of aromatic nitrogens is 5. The molecule has 3 aromatic heterocycles. The highest BCUT2D eigenvalue weighted by Gasteiger charge is 2.21. The molecule has 0 bridgehead atoms. The van der Waals surface area contributed by atoms with Gasteiger partial charge in [0, 0.05) is 30.8 Å². The molecule has 1 aliphatic heterocycles. The monoisotopic (exact) mass is 364 g/mol. The van der Waals surface area contributed by atoms with Crippen LogP contribution in [-0.2, 0) is 13.0 Å². The molecule has 7 nitrogen and oxygen atoms in total. The maximum atomic E-state index is 5.27. The molecule has 4 heterocycles. The molecule has 0 radical (unpaired) electrons. The standard InChI is InChI=1S/C20H24N6O/c1-14-20(15(2)27-25-14)19-10-17(23-13-24-19)9-16-3-7-26(8-4-16)12-18-11-21-5-6-22-18/h5-6,10-11,13,16H,3-4,7-9,12H2,1-2H3. The van der Waals surface area contributed by atoms with Crippen LogP contribution in [0.2, 0.25) is 0 Å². The first-order valence-electron chi connectivity index (χ1n) is 9.40. The molecule has 1 saturated heterocycles. The average molecular weight is 364 g/mol. The molecule has 0 amide bonds. The number of rotatable bonds is 5. The van der Waals surface area contributed by atoms with Crippen LogP contribution in [0.15, 0.2) is 35.5 Å². The van der Waals surface area contributed by atoms with E-state index in [1.165, 1.54) is 12.8 Å². The van der Waals surface area contributed by atoms with E-state index >= 15 is 0 Å². The fourth-order valence-corrected chi connectivity index (χ4v) is 3.78. The predicted octanol–water partition coefficient (Wildman–Crippen LogP) is 2.99. The van der Waals surface area contributed by atoms with Crippen molar-refractivity contribution in [3.05, 3.63) is 53.8 Å². The third kappa shape index (κ3) is 4.19. The lowest BCUT2D eigenvalue weighted by Gasteiger charge is -2.31. The van der Waals surface area contributed by atoms with Gasteiger partial charge in [-0.05, 0) is 58.2 Å². The molecule has 4 rings (SSSR count). The quantitative estimate of drug-likeness (QED) is 0.688. The van der Waals surface area contributed by atoms with Crippen LogP contribution in [0.1, 0.15) is 35.7 Å². The fourth-order valence-electron chi connectivity index (χ4n) is 3.78. The third-order valence-electron chi connectivity index (χ3n) is 5.22. The van der Waals surface area contributed by atoms with Crippen molar-refractivity contribution in [3.8, 4) is 11.3 Å². The molecule has 1 aliphatic rings. The molecule has 3 aromatic rings. The van der Waals surface area contributed by atoms with Gasteiger partial charge in [0.25, 0.3) is 0 Å². The van der Waals surface area contributed by atoms with Gasteiger partial charge in [-0.1, -0.05) is 5.16 Å². The Morgan fingerprint density at radius 3 is 2.63 bits per heavy atom. The number of nitrogens with zero attached hydrogens (tertiary/aromatic N) is 6. The number of hydrogen-bond donors (Lipinski definition) is 0. The summed E-state index contributed by atoms with van der Waals surface area (Å²) in [5.74, 6) is 1.45.